The second-order valence-corrected chi connectivity index (χ2v) is 8.56. The molecule has 8 heteroatoms. The summed E-state index contributed by atoms with van der Waals surface area (Å²) in [6, 6.07) is 7.19. The maximum atomic E-state index is 13.6. The van der Waals surface area contributed by atoms with Gasteiger partial charge in [-0.05, 0) is 67.6 Å². The summed E-state index contributed by atoms with van der Waals surface area (Å²) < 4.78 is 27.2. The van der Waals surface area contributed by atoms with Gasteiger partial charge in [0.05, 0.1) is 12.1 Å². The first-order valence-corrected chi connectivity index (χ1v) is 11.8. The normalized spacial score (nSPS) is 12.8. The zero-order valence-electron chi connectivity index (χ0n) is 19.3. The Balaban J connectivity index is 2.27. The van der Waals surface area contributed by atoms with E-state index in [0.717, 1.165) is 36.6 Å². The van der Waals surface area contributed by atoms with E-state index in [1.54, 1.807) is 24.0 Å². The Morgan fingerprint density at radius 1 is 1.00 bits per heavy atom. The van der Waals surface area contributed by atoms with Crippen LogP contribution in [0.5, 0.6) is 0 Å². The van der Waals surface area contributed by atoms with Gasteiger partial charge in [0.1, 0.15) is 11.6 Å². The molecule has 2 N–H and O–H groups in total. The maximum absolute atomic E-state index is 13.6. The van der Waals surface area contributed by atoms with Crippen LogP contribution in [0.2, 0.25) is 0 Å². The van der Waals surface area contributed by atoms with Crippen molar-refractivity contribution in [2.45, 2.75) is 52.2 Å². The van der Waals surface area contributed by atoms with Crippen molar-refractivity contribution >= 4 is 24.4 Å². The van der Waals surface area contributed by atoms with Gasteiger partial charge in [-0.2, -0.15) is 12.6 Å². The SMILES string of the molecule is CCCN(CCC)C(=O)c1cc(C)cc(C(=O)N[C@@H](Cc2cc(F)cc(F)c2)[C@@H](O)CS)c1. The molecule has 2 aromatic carbocycles. The largest absolute Gasteiger partial charge is 0.390 e. The Morgan fingerprint density at radius 2 is 1.58 bits per heavy atom. The highest BCUT2D eigenvalue weighted by atomic mass is 32.1. The number of aliphatic hydroxyl groups excluding tert-OH is 1. The third kappa shape index (κ3) is 7.82. The van der Waals surface area contributed by atoms with Gasteiger partial charge in [-0.1, -0.05) is 13.8 Å². The number of amides is 2. The molecule has 0 heterocycles. The van der Waals surface area contributed by atoms with E-state index >= 15 is 0 Å². The molecule has 0 unspecified atom stereocenters. The van der Waals surface area contributed by atoms with Crippen LogP contribution in [0.15, 0.2) is 36.4 Å². The highest BCUT2D eigenvalue weighted by Gasteiger charge is 2.23. The van der Waals surface area contributed by atoms with Crippen LogP contribution in [0, 0.1) is 18.6 Å². The minimum Gasteiger partial charge on any atom is -0.390 e. The molecule has 0 radical (unpaired) electrons. The van der Waals surface area contributed by atoms with E-state index in [0.29, 0.717) is 24.2 Å². The lowest BCUT2D eigenvalue weighted by molar-refractivity contribution is 0.0755. The molecule has 0 bridgehead atoms. The summed E-state index contributed by atoms with van der Waals surface area (Å²) in [5, 5.41) is 13.1. The second-order valence-electron chi connectivity index (χ2n) is 8.19. The van der Waals surface area contributed by atoms with E-state index in [1.165, 1.54) is 6.07 Å². The minimum atomic E-state index is -1.04. The first kappa shape index (κ1) is 26.8. The Hall–Kier alpha value is -2.45. The van der Waals surface area contributed by atoms with Crippen LogP contribution < -0.4 is 5.32 Å². The zero-order valence-corrected chi connectivity index (χ0v) is 20.2. The molecule has 0 aliphatic carbocycles. The van der Waals surface area contributed by atoms with Gasteiger partial charge in [0, 0.05) is 36.0 Å². The quantitative estimate of drug-likeness (QED) is 0.425. The number of aryl methyl sites for hydroxylation is 1. The number of thiol groups is 1. The summed E-state index contributed by atoms with van der Waals surface area (Å²) >= 11 is 4.09. The molecule has 180 valence electrons. The predicted molar refractivity (Wildman–Crippen MR) is 129 cm³/mol. The number of carbonyl (C=O) groups is 2. The summed E-state index contributed by atoms with van der Waals surface area (Å²) in [5.74, 6) is -2.06. The van der Waals surface area contributed by atoms with Crippen LogP contribution in [0.1, 0.15) is 58.5 Å². The summed E-state index contributed by atoms with van der Waals surface area (Å²) in [6.07, 6.45) is 0.628. The van der Waals surface area contributed by atoms with E-state index in [4.69, 9.17) is 0 Å². The van der Waals surface area contributed by atoms with Gasteiger partial charge in [-0.3, -0.25) is 9.59 Å². The van der Waals surface area contributed by atoms with E-state index in [9.17, 15) is 23.5 Å². The van der Waals surface area contributed by atoms with Crippen molar-refractivity contribution < 1.29 is 23.5 Å². The molecule has 2 amide bonds. The van der Waals surface area contributed by atoms with Crippen molar-refractivity contribution in [1.29, 1.82) is 0 Å². The second kappa shape index (κ2) is 12.7. The molecule has 0 aliphatic rings. The van der Waals surface area contributed by atoms with E-state index < -0.39 is 29.7 Å². The van der Waals surface area contributed by atoms with E-state index in [2.05, 4.69) is 17.9 Å². The van der Waals surface area contributed by atoms with Crippen molar-refractivity contribution in [1.82, 2.24) is 10.2 Å². The third-order valence-electron chi connectivity index (χ3n) is 5.21. The molecule has 0 aliphatic heterocycles. The molecule has 33 heavy (non-hydrogen) atoms. The number of halogens is 2. The van der Waals surface area contributed by atoms with Gasteiger partial charge < -0.3 is 15.3 Å². The lowest BCUT2D eigenvalue weighted by Gasteiger charge is -2.24. The average molecular weight is 479 g/mol. The van der Waals surface area contributed by atoms with E-state index in [1.807, 2.05) is 13.8 Å². The van der Waals surface area contributed by atoms with Crippen LogP contribution >= 0.6 is 12.6 Å². The molecule has 0 saturated carbocycles. The van der Waals surface area contributed by atoms with Crippen molar-refractivity contribution in [2.75, 3.05) is 18.8 Å². The molecule has 0 saturated heterocycles. The van der Waals surface area contributed by atoms with Crippen LogP contribution in [0.3, 0.4) is 0 Å². The van der Waals surface area contributed by atoms with Crippen molar-refractivity contribution in [3.05, 3.63) is 70.3 Å². The zero-order chi connectivity index (χ0) is 24.5. The molecule has 2 atom stereocenters. The van der Waals surface area contributed by atoms with Gasteiger partial charge in [0.15, 0.2) is 0 Å². The topological polar surface area (TPSA) is 69.6 Å². The molecular formula is C25H32F2N2O3S. The number of hydrogen-bond acceptors (Lipinski definition) is 4. The molecular weight excluding hydrogens is 446 g/mol. The average Bonchev–Trinajstić information content (AvgIpc) is 2.76. The fraction of sp³-hybridized carbons (Fsp3) is 0.440. The monoisotopic (exact) mass is 478 g/mol. The molecule has 2 rings (SSSR count). The molecule has 2 aromatic rings. The predicted octanol–water partition coefficient (Wildman–Crippen LogP) is 4.17. The molecule has 0 spiro atoms. The Morgan fingerprint density at radius 3 is 2.12 bits per heavy atom. The lowest BCUT2D eigenvalue weighted by atomic mass is 10.00. The Labute approximate surface area is 199 Å². The van der Waals surface area contributed by atoms with Crippen LogP contribution in [0.4, 0.5) is 8.78 Å². The summed E-state index contributed by atoms with van der Waals surface area (Å²) in [4.78, 5) is 27.8. The van der Waals surface area contributed by atoms with E-state index in [-0.39, 0.29) is 23.6 Å². The first-order chi connectivity index (χ1) is 15.7. The summed E-state index contributed by atoms with van der Waals surface area (Å²) in [6.45, 7) is 7.06. The summed E-state index contributed by atoms with van der Waals surface area (Å²) in [7, 11) is 0. The van der Waals surface area contributed by atoms with Gasteiger partial charge in [0.2, 0.25) is 0 Å². The number of hydrogen-bond donors (Lipinski definition) is 3. The molecule has 0 fully saturated rings. The third-order valence-corrected chi connectivity index (χ3v) is 5.58. The van der Waals surface area contributed by atoms with Crippen LogP contribution in [-0.2, 0) is 6.42 Å². The summed E-state index contributed by atoms with van der Waals surface area (Å²) in [5.41, 5.74) is 1.74. The number of benzene rings is 2. The van der Waals surface area contributed by atoms with Crippen LogP contribution in [-0.4, -0.2) is 52.8 Å². The van der Waals surface area contributed by atoms with Gasteiger partial charge in [-0.25, -0.2) is 8.78 Å². The van der Waals surface area contributed by atoms with Gasteiger partial charge in [-0.15, -0.1) is 0 Å². The number of carbonyl (C=O) groups excluding carboxylic acids is 2. The van der Waals surface area contributed by atoms with Gasteiger partial charge >= 0.3 is 0 Å². The smallest absolute Gasteiger partial charge is 0.253 e. The highest BCUT2D eigenvalue weighted by molar-refractivity contribution is 7.80. The molecule has 0 aromatic heterocycles. The minimum absolute atomic E-state index is 0.0144. The van der Waals surface area contributed by atoms with Crippen molar-refractivity contribution in [3.8, 4) is 0 Å². The van der Waals surface area contributed by atoms with Gasteiger partial charge in [0.25, 0.3) is 11.8 Å². The van der Waals surface area contributed by atoms with Crippen molar-refractivity contribution in [2.24, 2.45) is 0 Å². The Bertz CT molecular complexity index is 944. The fourth-order valence-corrected chi connectivity index (χ4v) is 3.97. The fourth-order valence-electron chi connectivity index (χ4n) is 3.72. The lowest BCUT2D eigenvalue weighted by Crippen LogP contribution is -2.45. The molecule has 5 nitrogen and oxygen atoms in total. The standard InChI is InChI=1S/C25H32F2N2O3S/c1-4-6-29(7-5-2)25(32)19-9-16(3)8-18(13-19)24(31)28-22(23(30)15-33)12-17-10-20(26)14-21(27)11-17/h8-11,13-14,22-23,30,33H,4-7,12,15H2,1-3H3,(H,28,31)/t22-,23-/m0/s1. The van der Waals surface area contributed by atoms with Crippen LogP contribution in [0.25, 0.3) is 0 Å². The highest BCUT2D eigenvalue weighted by Crippen LogP contribution is 2.16. The number of nitrogens with zero attached hydrogens (tertiary/aromatic N) is 1. The first-order valence-electron chi connectivity index (χ1n) is 11.1. The Kier molecular flexibility index (Phi) is 10.3. The number of rotatable bonds is 11. The maximum Gasteiger partial charge on any atom is 0.253 e. The van der Waals surface area contributed by atoms with Crippen molar-refractivity contribution in [3.63, 3.8) is 0 Å². The number of nitrogens with one attached hydrogen (secondary N) is 1. The number of aliphatic hydroxyl groups is 1.